The topological polar surface area (TPSA) is 58.9 Å². The van der Waals surface area contributed by atoms with Crippen LogP contribution in [0.15, 0.2) is 42.5 Å². The molecule has 0 spiro atoms. The summed E-state index contributed by atoms with van der Waals surface area (Å²) in [5.74, 6) is 1.29. The third-order valence-corrected chi connectivity index (χ3v) is 3.27. The SMILES string of the molecule is COc1ccc([C@@H](C)O)c(OCc2ccc(CO)cc2)c1. The Morgan fingerprint density at radius 1 is 1.05 bits per heavy atom. The number of rotatable bonds is 6. The summed E-state index contributed by atoms with van der Waals surface area (Å²) < 4.78 is 11.0. The molecule has 0 fully saturated rings. The summed E-state index contributed by atoms with van der Waals surface area (Å²) in [7, 11) is 1.59. The minimum absolute atomic E-state index is 0.0309. The van der Waals surface area contributed by atoms with Crippen molar-refractivity contribution >= 4 is 0 Å². The van der Waals surface area contributed by atoms with E-state index < -0.39 is 6.10 Å². The molecule has 0 saturated heterocycles. The molecule has 4 nitrogen and oxygen atoms in total. The third kappa shape index (κ3) is 3.97. The predicted molar refractivity (Wildman–Crippen MR) is 80.3 cm³/mol. The first-order valence-corrected chi connectivity index (χ1v) is 6.81. The summed E-state index contributed by atoms with van der Waals surface area (Å²) in [6.45, 7) is 2.12. The van der Waals surface area contributed by atoms with E-state index in [1.54, 1.807) is 32.2 Å². The summed E-state index contributed by atoms with van der Waals surface area (Å²) in [4.78, 5) is 0. The molecule has 2 N–H and O–H groups in total. The number of aliphatic hydroxyl groups is 2. The maximum atomic E-state index is 9.79. The molecule has 0 radical (unpaired) electrons. The lowest BCUT2D eigenvalue weighted by Crippen LogP contribution is -2.01. The zero-order chi connectivity index (χ0) is 15.2. The first kappa shape index (κ1) is 15.4. The Hall–Kier alpha value is -2.04. The first-order valence-electron chi connectivity index (χ1n) is 6.81. The highest BCUT2D eigenvalue weighted by atomic mass is 16.5. The van der Waals surface area contributed by atoms with Gasteiger partial charge in [-0.1, -0.05) is 24.3 Å². The van der Waals surface area contributed by atoms with E-state index in [0.29, 0.717) is 18.1 Å². The standard InChI is InChI=1S/C17H20O4/c1-12(19)16-8-7-15(20-2)9-17(16)21-11-14-5-3-13(10-18)4-6-14/h3-9,12,18-19H,10-11H2,1-2H3/t12-/m1/s1. The molecule has 2 rings (SSSR count). The minimum Gasteiger partial charge on any atom is -0.497 e. The van der Waals surface area contributed by atoms with Gasteiger partial charge in [0.15, 0.2) is 0 Å². The van der Waals surface area contributed by atoms with Gasteiger partial charge in [-0.15, -0.1) is 0 Å². The van der Waals surface area contributed by atoms with E-state index in [9.17, 15) is 5.11 Å². The molecule has 0 bridgehead atoms. The van der Waals surface area contributed by atoms with Crippen LogP contribution < -0.4 is 9.47 Å². The van der Waals surface area contributed by atoms with Crippen molar-refractivity contribution < 1.29 is 19.7 Å². The van der Waals surface area contributed by atoms with Crippen molar-refractivity contribution in [3.8, 4) is 11.5 Å². The molecule has 112 valence electrons. The second kappa shape index (κ2) is 7.11. The van der Waals surface area contributed by atoms with Crippen LogP contribution >= 0.6 is 0 Å². The molecule has 0 aliphatic carbocycles. The fourth-order valence-corrected chi connectivity index (χ4v) is 2.01. The van der Waals surface area contributed by atoms with Crippen LogP contribution in [0.5, 0.6) is 11.5 Å². The van der Waals surface area contributed by atoms with Crippen molar-refractivity contribution in [1.29, 1.82) is 0 Å². The number of methoxy groups -OCH3 is 1. The normalized spacial score (nSPS) is 12.0. The Morgan fingerprint density at radius 2 is 1.71 bits per heavy atom. The molecule has 0 unspecified atom stereocenters. The lowest BCUT2D eigenvalue weighted by molar-refractivity contribution is 0.190. The summed E-state index contributed by atoms with van der Waals surface area (Å²) in [6, 6.07) is 12.9. The van der Waals surface area contributed by atoms with Gasteiger partial charge in [-0.2, -0.15) is 0 Å². The Balaban J connectivity index is 2.13. The Kier molecular flexibility index (Phi) is 5.20. The molecular formula is C17H20O4. The number of hydrogen-bond acceptors (Lipinski definition) is 4. The van der Waals surface area contributed by atoms with Crippen LogP contribution in [0.3, 0.4) is 0 Å². The van der Waals surface area contributed by atoms with Gasteiger partial charge in [0.05, 0.1) is 19.8 Å². The zero-order valence-electron chi connectivity index (χ0n) is 12.2. The fraction of sp³-hybridized carbons (Fsp3) is 0.294. The number of hydrogen-bond donors (Lipinski definition) is 2. The summed E-state index contributed by atoms with van der Waals surface area (Å²) in [5.41, 5.74) is 2.58. The summed E-state index contributed by atoms with van der Waals surface area (Å²) in [5, 5.41) is 18.8. The molecule has 0 amide bonds. The van der Waals surface area contributed by atoms with Gasteiger partial charge in [0, 0.05) is 11.6 Å². The monoisotopic (exact) mass is 288 g/mol. The van der Waals surface area contributed by atoms with E-state index in [0.717, 1.165) is 16.7 Å². The molecule has 0 aromatic heterocycles. The maximum Gasteiger partial charge on any atom is 0.129 e. The van der Waals surface area contributed by atoms with E-state index in [2.05, 4.69) is 0 Å². The van der Waals surface area contributed by atoms with Crippen LogP contribution in [0.4, 0.5) is 0 Å². The van der Waals surface area contributed by atoms with Crippen LogP contribution in [0.25, 0.3) is 0 Å². The molecular weight excluding hydrogens is 268 g/mol. The number of ether oxygens (including phenoxy) is 2. The van der Waals surface area contributed by atoms with Gasteiger partial charge in [0.25, 0.3) is 0 Å². The number of benzene rings is 2. The molecule has 0 heterocycles. The predicted octanol–water partition coefficient (Wildman–Crippen LogP) is 2.82. The molecule has 1 atom stereocenters. The van der Waals surface area contributed by atoms with Crippen molar-refractivity contribution in [2.45, 2.75) is 26.2 Å². The second-order valence-electron chi connectivity index (χ2n) is 4.84. The molecule has 0 aliphatic rings. The van der Waals surface area contributed by atoms with E-state index in [4.69, 9.17) is 14.6 Å². The van der Waals surface area contributed by atoms with E-state index in [1.165, 1.54) is 0 Å². The Bertz CT molecular complexity index is 576. The van der Waals surface area contributed by atoms with Crippen molar-refractivity contribution in [3.63, 3.8) is 0 Å². The van der Waals surface area contributed by atoms with E-state index in [1.807, 2.05) is 24.3 Å². The quantitative estimate of drug-likeness (QED) is 0.858. The van der Waals surface area contributed by atoms with Crippen molar-refractivity contribution in [2.75, 3.05) is 7.11 Å². The van der Waals surface area contributed by atoms with Gasteiger partial charge in [-0.05, 0) is 30.2 Å². The van der Waals surface area contributed by atoms with Crippen molar-refractivity contribution in [1.82, 2.24) is 0 Å². The first-order chi connectivity index (χ1) is 10.1. The third-order valence-electron chi connectivity index (χ3n) is 3.27. The van der Waals surface area contributed by atoms with Crippen molar-refractivity contribution in [3.05, 3.63) is 59.2 Å². The largest absolute Gasteiger partial charge is 0.497 e. The van der Waals surface area contributed by atoms with Gasteiger partial charge in [-0.25, -0.2) is 0 Å². The fourth-order valence-electron chi connectivity index (χ4n) is 2.01. The number of aliphatic hydroxyl groups excluding tert-OH is 2. The van der Waals surface area contributed by atoms with Crippen LogP contribution in [-0.2, 0) is 13.2 Å². The highest BCUT2D eigenvalue weighted by molar-refractivity contribution is 5.42. The van der Waals surface area contributed by atoms with Crippen LogP contribution in [0.1, 0.15) is 29.7 Å². The van der Waals surface area contributed by atoms with Gasteiger partial charge >= 0.3 is 0 Å². The average molecular weight is 288 g/mol. The van der Waals surface area contributed by atoms with Crippen LogP contribution in [0, 0.1) is 0 Å². The molecule has 2 aromatic rings. The van der Waals surface area contributed by atoms with Crippen molar-refractivity contribution in [2.24, 2.45) is 0 Å². The highest BCUT2D eigenvalue weighted by Crippen LogP contribution is 2.30. The summed E-state index contributed by atoms with van der Waals surface area (Å²) in [6.07, 6.45) is -0.609. The van der Waals surface area contributed by atoms with Crippen LogP contribution in [-0.4, -0.2) is 17.3 Å². The Labute approximate surface area is 124 Å². The lowest BCUT2D eigenvalue weighted by atomic mass is 10.1. The van der Waals surface area contributed by atoms with Crippen LogP contribution in [0.2, 0.25) is 0 Å². The summed E-state index contributed by atoms with van der Waals surface area (Å²) >= 11 is 0. The molecule has 2 aromatic carbocycles. The molecule has 0 saturated carbocycles. The van der Waals surface area contributed by atoms with Gasteiger partial charge in [-0.3, -0.25) is 0 Å². The van der Waals surface area contributed by atoms with Gasteiger partial charge in [0.2, 0.25) is 0 Å². The maximum absolute atomic E-state index is 9.79. The second-order valence-corrected chi connectivity index (χ2v) is 4.84. The molecule has 0 aliphatic heterocycles. The van der Waals surface area contributed by atoms with Gasteiger partial charge in [0.1, 0.15) is 18.1 Å². The van der Waals surface area contributed by atoms with Gasteiger partial charge < -0.3 is 19.7 Å². The minimum atomic E-state index is -0.609. The smallest absolute Gasteiger partial charge is 0.129 e. The van der Waals surface area contributed by atoms with E-state index in [-0.39, 0.29) is 6.61 Å². The zero-order valence-corrected chi connectivity index (χ0v) is 12.2. The molecule has 4 heteroatoms. The van der Waals surface area contributed by atoms with E-state index >= 15 is 0 Å². The molecule has 21 heavy (non-hydrogen) atoms. The average Bonchev–Trinajstić information content (AvgIpc) is 2.52. The highest BCUT2D eigenvalue weighted by Gasteiger charge is 2.11. The Morgan fingerprint density at radius 3 is 2.29 bits per heavy atom. The lowest BCUT2D eigenvalue weighted by Gasteiger charge is -2.15.